The fourth-order valence-corrected chi connectivity index (χ4v) is 3.94. The van der Waals surface area contributed by atoms with E-state index in [2.05, 4.69) is 15.4 Å². The van der Waals surface area contributed by atoms with Gasteiger partial charge in [0.25, 0.3) is 0 Å². The topological polar surface area (TPSA) is 106 Å². The minimum Gasteiger partial charge on any atom is -0.425 e. The molecule has 1 saturated heterocycles. The van der Waals surface area contributed by atoms with Gasteiger partial charge in [0.05, 0.1) is 18.1 Å². The number of ether oxygens (including phenoxy) is 1. The van der Waals surface area contributed by atoms with Gasteiger partial charge in [-0.3, -0.25) is 19.3 Å². The first-order chi connectivity index (χ1) is 14.6. The molecule has 2 amide bonds. The molecule has 3 atom stereocenters. The molecule has 31 heavy (non-hydrogen) atoms. The molecule has 2 aromatic heterocycles. The highest BCUT2D eigenvalue weighted by Crippen LogP contribution is 2.48. The van der Waals surface area contributed by atoms with Gasteiger partial charge in [0.15, 0.2) is 12.0 Å². The number of pyridine rings is 1. The Morgan fingerprint density at radius 2 is 2.06 bits per heavy atom. The van der Waals surface area contributed by atoms with Crippen molar-refractivity contribution in [2.45, 2.75) is 51.2 Å². The standard InChI is InChI=1S/C19H20F3N5O4/c1-10(28)17-12-2-4-23-8-14(12)26(25-17)9-15(29)27-13-6-11(13)7-16(27)31-18(30)24-5-3-19(20,21)22/h2,4,8,11,13,16H,3,5-7,9H2,1H3,(H,24,30)/t11-,13-,16+/m1/s1. The number of carbonyl (C=O) groups excluding carboxylic acids is 3. The molecule has 166 valence electrons. The summed E-state index contributed by atoms with van der Waals surface area (Å²) in [6, 6.07) is 1.57. The van der Waals surface area contributed by atoms with Crippen molar-refractivity contribution in [3.63, 3.8) is 0 Å². The number of alkyl halides is 3. The molecule has 9 nitrogen and oxygen atoms in total. The third kappa shape index (κ3) is 4.47. The van der Waals surface area contributed by atoms with Crippen LogP contribution in [0.4, 0.5) is 18.0 Å². The number of halogens is 3. The highest BCUT2D eigenvalue weighted by atomic mass is 19.4. The summed E-state index contributed by atoms with van der Waals surface area (Å²) in [7, 11) is 0. The second-order valence-electron chi connectivity index (χ2n) is 7.71. The molecule has 0 unspecified atom stereocenters. The molecule has 2 fully saturated rings. The molecule has 0 spiro atoms. The Labute approximate surface area is 174 Å². The van der Waals surface area contributed by atoms with E-state index in [0.29, 0.717) is 17.3 Å². The van der Waals surface area contributed by atoms with Crippen LogP contribution in [-0.4, -0.2) is 62.4 Å². The molecular formula is C19H20F3N5O4. The van der Waals surface area contributed by atoms with Crippen LogP contribution in [0.25, 0.3) is 10.9 Å². The van der Waals surface area contributed by atoms with Crippen LogP contribution in [0, 0.1) is 5.92 Å². The van der Waals surface area contributed by atoms with Crippen LogP contribution < -0.4 is 5.32 Å². The Balaban J connectivity index is 1.44. The van der Waals surface area contributed by atoms with Crippen LogP contribution >= 0.6 is 0 Å². The van der Waals surface area contributed by atoms with Crippen molar-refractivity contribution in [2.75, 3.05) is 6.54 Å². The molecule has 2 aromatic rings. The van der Waals surface area contributed by atoms with E-state index in [0.717, 1.165) is 6.42 Å². The van der Waals surface area contributed by atoms with E-state index in [-0.39, 0.29) is 35.9 Å². The number of nitrogens with one attached hydrogen (secondary N) is 1. The predicted molar refractivity (Wildman–Crippen MR) is 99.8 cm³/mol. The maximum absolute atomic E-state index is 13.0. The Morgan fingerprint density at radius 3 is 2.77 bits per heavy atom. The number of alkyl carbamates (subject to hydrolysis) is 1. The smallest absolute Gasteiger partial charge is 0.409 e. The number of Topliss-reactive ketones (excluding diaryl/α,β-unsaturated/α-hetero) is 1. The third-order valence-corrected chi connectivity index (χ3v) is 5.44. The molecule has 1 N–H and O–H groups in total. The molecule has 1 aliphatic carbocycles. The molecule has 0 aromatic carbocycles. The summed E-state index contributed by atoms with van der Waals surface area (Å²) in [5.41, 5.74) is 0.753. The number of nitrogens with zero attached hydrogens (tertiary/aromatic N) is 4. The highest BCUT2D eigenvalue weighted by molar-refractivity contribution is 6.04. The average molecular weight is 439 g/mol. The summed E-state index contributed by atoms with van der Waals surface area (Å²) < 4.78 is 43.3. The summed E-state index contributed by atoms with van der Waals surface area (Å²) >= 11 is 0. The van der Waals surface area contributed by atoms with E-state index in [4.69, 9.17) is 4.74 Å². The fourth-order valence-electron chi connectivity index (χ4n) is 3.94. The lowest BCUT2D eigenvalue weighted by molar-refractivity contribution is -0.140. The number of carbonyl (C=O) groups is 3. The van der Waals surface area contributed by atoms with Crippen molar-refractivity contribution < 1.29 is 32.3 Å². The maximum Gasteiger partial charge on any atom is 0.409 e. The normalized spacial score (nSPS) is 22.3. The minimum atomic E-state index is -4.38. The van der Waals surface area contributed by atoms with E-state index >= 15 is 0 Å². The number of rotatable bonds is 6. The van der Waals surface area contributed by atoms with Gasteiger partial charge in [-0.05, 0) is 18.4 Å². The van der Waals surface area contributed by atoms with Crippen LogP contribution in [0.2, 0.25) is 0 Å². The first kappa shape index (κ1) is 21.1. The van der Waals surface area contributed by atoms with Crippen molar-refractivity contribution in [3.05, 3.63) is 24.2 Å². The number of hydrogen-bond acceptors (Lipinski definition) is 6. The molecule has 2 aliphatic rings. The number of ketones is 1. The van der Waals surface area contributed by atoms with Gasteiger partial charge in [-0.2, -0.15) is 18.3 Å². The predicted octanol–water partition coefficient (Wildman–Crippen LogP) is 2.26. The van der Waals surface area contributed by atoms with Crippen LogP contribution in [0.3, 0.4) is 0 Å². The fraction of sp³-hybridized carbons (Fsp3) is 0.526. The largest absolute Gasteiger partial charge is 0.425 e. The van der Waals surface area contributed by atoms with Gasteiger partial charge in [-0.1, -0.05) is 0 Å². The van der Waals surface area contributed by atoms with Gasteiger partial charge in [0.2, 0.25) is 5.91 Å². The second kappa shape index (κ2) is 7.82. The number of fused-ring (bicyclic) bond motifs is 2. The summed E-state index contributed by atoms with van der Waals surface area (Å²) in [6.07, 6.45) is -3.16. The third-order valence-electron chi connectivity index (χ3n) is 5.44. The SMILES string of the molecule is CC(=O)c1nn(CC(=O)N2[C@@H](OC(=O)NCCC(F)(F)F)C[C@H]3C[C@H]32)c2cnccc12. The van der Waals surface area contributed by atoms with Crippen molar-refractivity contribution in [2.24, 2.45) is 5.92 Å². The minimum absolute atomic E-state index is 0.0762. The maximum atomic E-state index is 13.0. The van der Waals surface area contributed by atoms with Crippen molar-refractivity contribution in [1.82, 2.24) is 25.0 Å². The van der Waals surface area contributed by atoms with Gasteiger partial charge < -0.3 is 15.0 Å². The van der Waals surface area contributed by atoms with Gasteiger partial charge in [0.1, 0.15) is 12.2 Å². The van der Waals surface area contributed by atoms with Crippen LogP contribution in [0.15, 0.2) is 18.5 Å². The Bertz CT molecular complexity index is 1040. The van der Waals surface area contributed by atoms with Gasteiger partial charge in [0, 0.05) is 37.5 Å². The average Bonchev–Trinajstić information content (AvgIpc) is 3.18. The number of aromatic nitrogens is 3. The van der Waals surface area contributed by atoms with Crippen LogP contribution in [-0.2, 0) is 16.1 Å². The van der Waals surface area contributed by atoms with Gasteiger partial charge in [-0.25, -0.2) is 4.79 Å². The van der Waals surface area contributed by atoms with Crippen LogP contribution in [0.1, 0.15) is 36.7 Å². The number of hydrogen-bond donors (Lipinski definition) is 1. The lowest BCUT2D eigenvalue weighted by Crippen LogP contribution is -2.44. The van der Waals surface area contributed by atoms with Crippen molar-refractivity contribution in [1.29, 1.82) is 0 Å². The Hall–Kier alpha value is -3.18. The molecule has 0 bridgehead atoms. The van der Waals surface area contributed by atoms with Crippen molar-refractivity contribution in [3.8, 4) is 0 Å². The highest BCUT2D eigenvalue weighted by Gasteiger charge is 2.55. The first-order valence-corrected chi connectivity index (χ1v) is 9.78. The molecule has 0 radical (unpaired) electrons. The quantitative estimate of drug-likeness (QED) is 0.692. The molecule has 12 heteroatoms. The van der Waals surface area contributed by atoms with Gasteiger partial charge in [-0.15, -0.1) is 0 Å². The lowest BCUT2D eigenvalue weighted by atomic mass is 10.2. The molecular weight excluding hydrogens is 419 g/mol. The molecule has 1 saturated carbocycles. The molecule has 1 aliphatic heterocycles. The van der Waals surface area contributed by atoms with Crippen molar-refractivity contribution >= 4 is 28.7 Å². The van der Waals surface area contributed by atoms with E-state index in [9.17, 15) is 27.6 Å². The zero-order chi connectivity index (χ0) is 22.3. The summed E-state index contributed by atoms with van der Waals surface area (Å²) in [6.45, 7) is 0.592. The molecule has 4 rings (SSSR count). The summed E-state index contributed by atoms with van der Waals surface area (Å²) in [5, 5.41) is 6.89. The van der Waals surface area contributed by atoms with Crippen LogP contribution in [0.5, 0.6) is 0 Å². The Kier molecular flexibility index (Phi) is 5.31. The second-order valence-corrected chi connectivity index (χ2v) is 7.71. The monoisotopic (exact) mass is 439 g/mol. The zero-order valence-corrected chi connectivity index (χ0v) is 16.6. The van der Waals surface area contributed by atoms with E-state index in [1.54, 1.807) is 6.07 Å². The van der Waals surface area contributed by atoms with E-state index < -0.39 is 31.5 Å². The number of amides is 2. The van der Waals surface area contributed by atoms with E-state index in [1.165, 1.54) is 28.9 Å². The van der Waals surface area contributed by atoms with E-state index in [1.807, 2.05) is 0 Å². The van der Waals surface area contributed by atoms with Gasteiger partial charge >= 0.3 is 12.3 Å². The zero-order valence-electron chi connectivity index (χ0n) is 16.6. The summed E-state index contributed by atoms with van der Waals surface area (Å²) in [4.78, 5) is 42.2. The number of piperidine rings is 1. The lowest BCUT2D eigenvalue weighted by Gasteiger charge is -2.27. The molecule has 3 heterocycles. The summed E-state index contributed by atoms with van der Waals surface area (Å²) in [5.74, 6) is -0.412. The first-order valence-electron chi connectivity index (χ1n) is 9.78. The number of likely N-dealkylation sites (tertiary alicyclic amines) is 1. The Morgan fingerprint density at radius 1 is 1.29 bits per heavy atom.